The van der Waals surface area contributed by atoms with E-state index in [1.807, 2.05) is 18.7 Å². The number of aromatic nitrogens is 2. The van der Waals surface area contributed by atoms with Crippen molar-refractivity contribution in [3.8, 4) is 0 Å². The molecular formula is C13H24N4. The number of hydrogen-bond donors (Lipinski definition) is 1. The maximum atomic E-state index is 4.04. The molecule has 0 saturated carbocycles. The van der Waals surface area contributed by atoms with Crippen LogP contribution in [0.1, 0.15) is 25.7 Å². The molecule has 0 spiro atoms. The van der Waals surface area contributed by atoms with Gasteiger partial charge in [-0.15, -0.1) is 0 Å². The van der Waals surface area contributed by atoms with Gasteiger partial charge in [0.2, 0.25) is 0 Å². The highest BCUT2D eigenvalue weighted by Crippen LogP contribution is 2.07. The molecule has 96 valence electrons. The first-order valence-electron chi connectivity index (χ1n) is 6.72. The average molecular weight is 236 g/mol. The molecule has 1 aromatic rings. The Labute approximate surface area is 104 Å². The second kappa shape index (κ2) is 6.77. The third-order valence-corrected chi connectivity index (χ3v) is 3.46. The Bertz CT molecular complexity index is 296. The van der Waals surface area contributed by atoms with E-state index in [1.54, 1.807) is 0 Å². The molecule has 0 bridgehead atoms. The van der Waals surface area contributed by atoms with Gasteiger partial charge >= 0.3 is 0 Å². The number of piperidine rings is 1. The van der Waals surface area contributed by atoms with Crippen LogP contribution in [-0.2, 0) is 6.54 Å². The highest BCUT2D eigenvalue weighted by Gasteiger charge is 2.15. The van der Waals surface area contributed by atoms with Crippen LogP contribution in [0, 0.1) is 0 Å². The zero-order chi connectivity index (χ0) is 11.9. The first kappa shape index (κ1) is 12.6. The van der Waals surface area contributed by atoms with Gasteiger partial charge in [-0.2, -0.15) is 0 Å². The molecule has 2 rings (SSSR count). The van der Waals surface area contributed by atoms with Crippen LogP contribution >= 0.6 is 0 Å². The second-order valence-corrected chi connectivity index (χ2v) is 5.06. The third kappa shape index (κ3) is 4.48. The van der Waals surface area contributed by atoms with Gasteiger partial charge in [0.15, 0.2) is 0 Å². The van der Waals surface area contributed by atoms with E-state index >= 15 is 0 Å². The van der Waals surface area contributed by atoms with Crippen LogP contribution in [-0.4, -0.2) is 47.2 Å². The van der Waals surface area contributed by atoms with Crippen LogP contribution < -0.4 is 5.32 Å². The molecule has 1 saturated heterocycles. The average Bonchev–Trinajstić information content (AvgIpc) is 2.82. The van der Waals surface area contributed by atoms with E-state index in [9.17, 15) is 0 Å². The summed E-state index contributed by atoms with van der Waals surface area (Å²) in [6, 6.07) is 0.710. The van der Waals surface area contributed by atoms with Crippen LogP contribution in [0.15, 0.2) is 18.7 Å². The lowest BCUT2D eigenvalue weighted by Crippen LogP contribution is -2.44. The van der Waals surface area contributed by atoms with Crippen LogP contribution in [0.5, 0.6) is 0 Å². The monoisotopic (exact) mass is 236 g/mol. The number of likely N-dealkylation sites (tertiary alicyclic amines) is 1. The van der Waals surface area contributed by atoms with Gasteiger partial charge in [0.1, 0.15) is 0 Å². The molecule has 0 radical (unpaired) electrons. The molecule has 1 aliphatic heterocycles. The minimum Gasteiger partial charge on any atom is -0.337 e. The molecule has 4 nitrogen and oxygen atoms in total. The van der Waals surface area contributed by atoms with Gasteiger partial charge in [-0.1, -0.05) is 0 Å². The lowest BCUT2D eigenvalue weighted by atomic mass is 10.1. The summed E-state index contributed by atoms with van der Waals surface area (Å²) in [6.45, 7) is 4.71. The van der Waals surface area contributed by atoms with Gasteiger partial charge in [-0.3, -0.25) is 0 Å². The van der Waals surface area contributed by atoms with E-state index in [-0.39, 0.29) is 0 Å². The molecule has 1 unspecified atom stereocenters. The van der Waals surface area contributed by atoms with Gasteiger partial charge in [-0.25, -0.2) is 4.98 Å². The number of imidazole rings is 1. The van der Waals surface area contributed by atoms with Crippen molar-refractivity contribution >= 4 is 0 Å². The molecule has 0 aliphatic carbocycles. The van der Waals surface area contributed by atoms with Crippen molar-refractivity contribution in [3.05, 3.63) is 18.7 Å². The third-order valence-electron chi connectivity index (χ3n) is 3.46. The fraction of sp³-hybridized carbons (Fsp3) is 0.769. The minimum atomic E-state index is 0.710. The number of aryl methyl sites for hydroxylation is 1. The highest BCUT2D eigenvalue weighted by atomic mass is 15.1. The van der Waals surface area contributed by atoms with Gasteiger partial charge in [0.25, 0.3) is 0 Å². The number of rotatable bonds is 6. The molecule has 4 heteroatoms. The van der Waals surface area contributed by atoms with E-state index < -0.39 is 0 Å². The quantitative estimate of drug-likeness (QED) is 0.757. The maximum absolute atomic E-state index is 4.04. The number of nitrogens with zero attached hydrogens (tertiary/aromatic N) is 3. The van der Waals surface area contributed by atoms with Crippen LogP contribution in [0.3, 0.4) is 0 Å². The Morgan fingerprint density at radius 2 is 2.35 bits per heavy atom. The van der Waals surface area contributed by atoms with Crippen LogP contribution in [0.2, 0.25) is 0 Å². The molecule has 1 N–H and O–H groups in total. The first-order chi connectivity index (χ1) is 8.34. The Balaban J connectivity index is 1.51. The highest BCUT2D eigenvalue weighted by molar-refractivity contribution is 4.76. The normalized spacial score (nSPS) is 21.8. The van der Waals surface area contributed by atoms with Crippen molar-refractivity contribution in [2.45, 2.75) is 38.3 Å². The number of hydrogen-bond acceptors (Lipinski definition) is 3. The van der Waals surface area contributed by atoms with E-state index in [0.717, 1.165) is 13.1 Å². The van der Waals surface area contributed by atoms with Crippen molar-refractivity contribution in [3.63, 3.8) is 0 Å². The van der Waals surface area contributed by atoms with Gasteiger partial charge in [-0.05, 0) is 45.8 Å². The Morgan fingerprint density at radius 1 is 1.41 bits per heavy atom. The summed E-state index contributed by atoms with van der Waals surface area (Å²) >= 11 is 0. The van der Waals surface area contributed by atoms with Crippen molar-refractivity contribution in [2.24, 2.45) is 0 Å². The molecule has 1 atom stereocenters. The van der Waals surface area contributed by atoms with Crippen LogP contribution in [0.4, 0.5) is 0 Å². The second-order valence-electron chi connectivity index (χ2n) is 5.06. The molecule has 1 fully saturated rings. The Hall–Kier alpha value is -0.870. The van der Waals surface area contributed by atoms with E-state index in [2.05, 4.69) is 26.8 Å². The summed E-state index contributed by atoms with van der Waals surface area (Å²) in [5, 5.41) is 3.67. The predicted molar refractivity (Wildman–Crippen MR) is 70.0 cm³/mol. The van der Waals surface area contributed by atoms with Crippen molar-refractivity contribution in [1.29, 1.82) is 0 Å². The van der Waals surface area contributed by atoms with Gasteiger partial charge in [0.05, 0.1) is 6.33 Å². The summed E-state index contributed by atoms with van der Waals surface area (Å²) in [6.07, 6.45) is 10.9. The predicted octanol–water partition coefficient (Wildman–Crippen LogP) is 1.35. The molecular weight excluding hydrogens is 212 g/mol. The Kier molecular flexibility index (Phi) is 5.01. The van der Waals surface area contributed by atoms with E-state index in [4.69, 9.17) is 0 Å². The largest absolute Gasteiger partial charge is 0.337 e. The minimum absolute atomic E-state index is 0.710. The lowest BCUT2D eigenvalue weighted by Gasteiger charge is -2.30. The molecule has 0 aromatic carbocycles. The number of nitrogens with one attached hydrogen (secondary N) is 1. The van der Waals surface area contributed by atoms with E-state index in [1.165, 1.54) is 38.8 Å². The van der Waals surface area contributed by atoms with Gasteiger partial charge in [0, 0.05) is 31.5 Å². The summed E-state index contributed by atoms with van der Waals surface area (Å²) in [4.78, 5) is 6.47. The zero-order valence-corrected chi connectivity index (χ0v) is 10.8. The molecule has 1 aromatic heterocycles. The molecule has 1 aliphatic rings. The smallest absolute Gasteiger partial charge is 0.0945 e. The SMILES string of the molecule is CN1CCCC(NCCCCn2ccnc2)C1. The summed E-state index contributed by atoms with van der Waals surface area (Å²) in [7, 11) is 2.22. The van der Waals surface area contributed by atoms with E-state index in [0.29, 0.717) is 6.04 Å². The number of unbranched alkanes of at least 4 members (excludes halogenated alkanes) is 1. The summed E-state index contributed by atoms with van der Waals surface area (Å²) in [5.74, 6) is 0. The molecule has 0 amide bonds. The fourth-order valence-corrected chi connectivity index (χ4v) is 2.48. The fourth-order valence-electron chi connectivity index (χ4n) is 2.48. The lowest BCUT2D eigenvalue weighted by molar-refractivity contribution is 0.227. The van der Waals surface area contributed by atoms with Crippen molar-refractivity contribution in [1.82, 2.24) is 19.8 Å². The first-order valence-corrected chi connectivity index (χ1v) is 6.72. The summed E-state index contributed by atoms with van der Waals surface area (Å²) in [5.41, 5.74) is 0. The standard InChI is InChI=1S/C13H24N4/c1-16-8-4-5-13(11-16)15-6-2-3-9-17-10-7-14-12-17/h7,10,12-13,15H,2-6,8-9,11H2,1H3. The zero-order valence-electron chi connectivity index (χ0n) is 10.8. The van der Waals surface area contributed by atoms with Crippen molar-refractivity contribution < 1.29 is 0 Å². The van der Waals surface area contributed by atoms with Crippen LogP contribution in [0.25, 0.3) is 0 Å². The maximum Gasteiger partial charge on any atom is 0.0945 e. The van der Waals surface area contributed by atoms with Gasteiger partial charge < -0.3 is 14.8 Å². The topological polar surface area (TPSA) is 33.1 Å². The summed E-state index contributed by atoms with van der Waals surface area (Å²) < 4.78 is 2.15. The molecule has 2 heterocycles. The number of likely N-dealkylation sites (N-methyl/N-ethyl adjacent to an activating group) is 1. The Morgan fingerprint density at radius 3 is 3.12 bits per heavy atom. The van der Waals surface area contributed by atoms with Crippen molar-refractivity contribution in [2.75, 3.05) is 26.7 Å². The molecule has 17 heavy (non-hydrogen) atoms.